The van der Waals surface area contributed by atoms with Gasteiger partial charge in [-0.2, -0.15) is 0 Å². The number of hydrogen-bond donors (Lipinski definition) is 0. The highest BCUT2D eigenvalue weighted by Gasteiger charge is 2.19. The van der Waals surface area contributed by atoms with Crippen LogP contribution in [0.25, 0.3) is 89.6 Å². The number of fused-ring (bicyclic) bond motifs is 4. The lowest BCUT2D eigenvalue weighted by Crippen LogP contribution is -2.15. The Bertz CT molecular complexity index is 3450. The van der Waals surface area contributed by atoms with E-state index in [4.69, 9.17) is 0 Å². The number of aromatic nitrogens is 2. The third-order valence-corrected chi connectivity index (χ3v) is 12.3. The third kappa shape index (κ3) is 7.53. The predicted molar refractivity (Wildman–Crippen MR) is 280 cm³/mol. The van der Waals surface area contributed by atoms with Crippen LogP contribution in [-0.4, -0.2) is 9.13 Å². The molecule has 0 aliphatic rings. The van der Waals surface area contributed by atoms with Gasteiger partial charge in [0.15, 0.2) is 0 Å². The molecule has 0 radical (unpaired) electrons. The maximum atomic E-state index is 4.33. The fourth-order valence-electron chi connectivity index (χ4n) is 9.35. The van der Waals surface area contributed by atoms with Gasteiger partial charge in [-0.15, -0.1) is 0 Å². The summed E-state index contributed by atoms with van der Waals surface area (Å²) in [7, 11) is 0. The van der Waals surface area contributed by atoms with Gasteiger partial charge in [-0.25, -0.2) is 0 Å². The van der Waals surface area contributed by atoms with Gasteiger partial charge in [0.1, 0.15) is 0 Å². The van der Waals surface area contributed by atoms with Crippen LogP contribution in [0.15, 0.2) is 243 Å². The molecule has 10 rings (SSSR count). The maximum Gasteiger partial charge on any atom is 0.0541 e. The topological polar surface area (TPSA) is 13.1 Å². The van der Waals surface area contributed by atoms with Gasteiger partial charge in [0, 0.05) is 50.2 Å². The van der Waals surface area contributed by atoms with Gasteiger partial charge in [-0.3, -0.25) is 0 Å². The van der Waals surface area contributed by atoms with Gasteiger partial charge in [-0.05, 0) is 144 Å². The zero-order chi connectivity index (χ0) is 44.3. The lowest BCUT2D eigenvalue weighted by atomic mass is 10.00. The van der Waals surface area contributed by atoms with Crippen LogP contribution in [0.5, 0.6) is 0 Å². The first-order valence-electron chi connectivity index (χ1n) is 22.2. The summed E-state index contributed by atoms with van der Waals surface area (Å²) in [5.41, 5.74) is 18.1. The van der Waals surface area contributed by atoms with Crippen molar-refractivity contribution >= 4 is 56.2 Å². The molecule has 0 N–H and O–H groups in total. The van der Waals surface area contributed by atoms with Crippen LogP contribution in [0.2, 0.25) is 0 Å². The Morgan fingerprint density at radius 2 is 1.00 bits per heavy atom. The molecule has 312 valence electrons. The number of benzene rings is 8. The molecule has 0 spiro atoms. The molecule has 3 heteroatoms. The van der Waals surface area contributed by atoms with E-state index in [0.717, 1.165) is 56.3 Å². The first-order valence-corrected chi connectivity index (χ1v) is 22.2. The van der Waals surface area contributed by atoms with E-state index in [-0.39, 0.29) is 0 Å². The number of nitrogens with zero attached hydrogens (tertiary/aromatic N) is 3. The van der Waals surface area contributed by atoms with Gasteiger partial charge in [0.25, 0.3) is 0 Å². The number of anilines is 2. The Hall–Kier alpha value is -8.40. The highest BCUT2D eigenvalue weighted by molar-refractivity contribution is 6.11. The molecule has 0 unspecified atom stereocenters. The van der Waals surface area contributed by atoms with Crippen LogP contribution in [0, 0.1) is 0 Å². The molecule has 0 amide bonds. The van der Waals surface area contributed by atoms with Crippen LogP contribution < -0.4 is 4.90 Å². The lowest BCUT2D eigenvalue weighted by Gasteiger charge is -2.27. The van der Waals surface area contributed by atoms with Crippen LogP contribution >= 0.6 is 0 Å². The smallest absolute Gasteiger partial charge is 0.0541 e. The Morgan fingerprint density at radius 1 is 0.446 bits per heavy atom. The zero-order valence-corrected chi connectivity index (χ0v) is 36.8. The summed E-state index contributed by atoms with van der Waals surface area (Å²) in [6.07, 6.45) is 14.4. The van der Waals surface area contributed by atoms with E-state index in [1.165, 1.54) is 49.4 Å². The molecule has 0 saturated heterocycles. The second kappa shape index (κ2) is 17.8. The molecule has 2 heterocycles. The predicted octanol–water partition coefficient (Wildman–Crippen LogP) is 17.2. The Kier molecular flexibility index (Phi) is 11.1. The van der Waals surface area contributed by atoms with E-state index in [9.17, 15) is 0 Å². The van der Waals surface area contributed by atoms with Crippen LogP contribution in [-0.2, 0) is 0 Å². The number of allylic oxidation sites excluding steroid dienone is 5. The van der Waals surface area contributed by atoms with E-state index in [0.29, 0.717) is 0 Å². The molecular formula is C62H49N3. The summed E-state index contributed by atoms with van der Waals surface area (Å²) in [4.78, 5) is 2.29. The van der Waals surface area contributed by atoms with Gasteiger partial charge >= 0.3 is 0 Å². The second-order valence-corrected chi connectivity index (χ2v) is 16.2. The van der Waals surface area contributed by atoms with Crippen molar-refractivity contribution in [3.05, 3.63) is 255 Å². The van der Waals surface area contributed by atoms with E-state index in [1.807, 2.05) is 19.1 Å². The third-order valence-electron chi connectivity index (χ3n) is 12.3. The fraction of sp³-hybridized carbons (Fsp3) is 0.0323. The second-order valence-electron chi connectivity index (χ2n) is 16.2. The molecule has 0 aliphatic heterocycles. The van der Waals surface area contributed by atoms with Crippen molar-refractivity contribution in [1.82, 2.24) is 9.13 Å². The number of hydrogen-bond acceptors (Lipinski definition) is 1. The van der Waals surface area contributed by atoms with Crippen molar-refractivity contribution in [1.29, 1.82) is 0 Å². The largest absolute Gasteiger partial charge is 0.310 e. The standard InChI is InChI=1S/C62H49N3/c1-5-18-50(19-6-2)63(52-35-29-45(30-36-52)44-21-11-9-12-22-44)54-26-17-23-47(41-54)46-31-37-53(38-32-46)64-59(8-4)55(20-7-3)57-42-48(33-39-61(57)64)49-34-40-62-58(43-49)56-27-15-16-28-60(56)65(62)51-24-13-10-14-25-51/h5-43H,1,4H2,2-3H3/b19-6-,20-7-,50-18+. The van der Waals surface area contributed by atoms with Gasteiger partial charge in [-0.1, -0.05) is 153 Å². The lowest BCUT2D eigenvalue weighted by molar-refractivity contribution is 1.11. The molecule has 8 aromatic carbocycles. The molecule has 0 fully saturated rings. The summed E-state index contributed by atoms with van der Waals surface area (Å²) in [6.45, 7) is 12.5. The van der Waals surface area contributed by atoms with Crippen molar-refractivity contribution in [2.24, 2.45) is 0 Å². The number of rotatable bonds is 12. The molecule has 10 aromatic rings. The molecule has 0 aliphatic carbocycles. The summed E-state index contributed by atoms with van der Waals surface area (Å²) in [6, 6.07) is 70.0. The molecule has 65 heavy (non-hydrogen) atoms. The maximum absolute atomic E-state index is 4.33. The van der Waals surface area contributed by atoms with Crippen molar-refractivity contribution in [3.63, 3.8) is 0 Å². The summed E-state index contributed by atoms with van der Waals surface area (Å²) >= 11 is 0. The first-order chi connectivity index (χ1) is 32.1. The Morgan fingerprint density at radius 3 is 1.69 bits per heavy atom. The quantitative estimate of drug-likeness (QED) is 0.112. The highest BCUT2D eigenvalue weighted by atomic mass is 15.1. The molecular weight excluding hydrogens is 787 g/mol. The van der Waals surface area contributed by atoms with E-state index >= 15 is 0 Å². The summed E-state index contributed by atoms with van der Waals surface area (Å²) in [5, 5.41) is 3.66. The van der Waals surface area contributed by atoms with Crippen molar-refractivity contribution < 1.29 is 0 Å². The SMILES string of the molecule is C=C/C=C(\C=C/C)N(c1ccc(-c2ccccc2)cc1)c1cccc(-c2ccc(-n3c(C=C)c(/C=C\C)c4cc(-c5ccc6c(c5)c5ccccc5n6-c5ccccc5)ccc43)cc2)c1. The van der Waals surface area contributed by atoms with Gasteiger partial charge in [0.05, 0.1) is 22.2 Å². The monoisotopic (exact) mass is 835 g/mol. The molecule has 3 nitrogen and oxygen atoms in total. The first kappa shape index (κ1) is 40.7. The number of para-hydroxylation sites is 2. The average molecular weight is 836 g/mol. The minimum Gasteiger partial charge on any atom is -0.310 e. The Balaban J connectivity index is 1.02. The van der Waals surface area contributed by atoms with Crippen LogP contribution in [0.3, 0.4) is 0 Å². The van der Waals surface area contributed by atoms with E-state index in [2.05, 4.69) is 259 Å². The zero-order valence-electron chi connectivity index (χ0n) is 36.8. The normalized spacial score (nSPS) is 11.9. The van der Waals surface area contributed by atoms with Gasteiger partial charge < -0.3 is 14.0 Å². The van der Waals surface area contributed by atoms with Crippen LogP contribution in [0.4, 0.5) is 11.4 Å². The Labute approximate surface area is 381 Å². The van der Waals surface area contributed by atoms with Crippen molar-refractivity contribution in [2.75, 3.05) is 4.90 Å². The minimum atomic E-state index is 1.02. The minimum absolute atomic E-state index is 1.02. The van der Waals surface area contributed by atoms with Crippen molar-refractivity contribution in [2.45, 2.75) is 13.8 Å². The van der Waals surface area contributed by atoms with E-state index in [1.54, 1.807) is 0 Å². The average Bonchev–Trinajstić information content (AvgIpc) is 3.86. The molecule has 0 bridgehead atoms. The molecule has 0 atom stereocenters. The van der Waals surface area contributed by atoms with Crippen molar-refractivity contribution in [3.8, 4) is 44.8 Å². The van der Waals surface area contributed by atoms with Crippen LogP contribution in [0.1, 0.15) is 25.1 Å². The summed E-state index contributed by atoms with van der Waals surface area (Å²) < 4.78 is 4.70. The molecule has 0 saturated carbocycles. The van der Waals surface area contributed by atoms with Gasteiger partial charge in [0.2, 0.25) is 0 Å². The highest BCUT2D eigenvalue weighted by Crippen LogP contribution is 2.40. The fourth-order valence-corrected chi connectivity index (χ4v) is 9.35. The van der Waals surface area contributed by atoms with E-state index < -0.39 is 0 Å². The molecule has 2 aromatic heterocycles. The summed E-state index contributed by atoms with van der Waals surface area (Å²) in [5.74, 6) is 0.